The maximum absolute atomic E-state index is 9.76. The van der Waals surface area contributed by atoms with Gasteiger partial charge in [0.05, 0.1) is 61.0 Å². The molecule has 0 spiro atoms. The predicted molar refractivity (Wildman–Crippen MR) is 308 cm³/mol. The number of nitrogens with zero attached hydrogens (tertiary/aromatic N) is 16. The van der Waals surface area contributed by atoms with Crippen LogP contribution in [0.15, 0.2) is 129 Å². The Bertz CT molecular complexity index is 4190. The third kappa shape index (κ3) is 8.95. The molecule has 4 bridgehead atoms. The summed E-state index contributed by atoms with van der Waals surface area (Å²) in [4.78, 5) is 36.8. The number of hydrogen-bond acceptors (Lipinski definition) is 15. The first kappa shape index (κ1) is 49.0. The molecule has 0 radical (unpaired) electrons. The highest BCUT2D eigenvalue weighted by atomic mass is 16.5. The number of piperazine rings is 2. The Hall–Kier alpha value is -9.11. The molecule has 18 rings (SSSR count). The van der Waals surface area contributed by atoms with E-state index in [-0.39, 0.29) is 0 Å². The van der Waals surface area contributed by atoms with Gasteiger partial charge in [0, 0.05) is 159 Å². The summed E-state index contributed by atoms with van der Waals surface area (Å²) in [5, 5.41) is 30.8. The van der Waals surface area contributed by atoms with Gasteiger partial charge < -0.3 is 28.8 Å². The number of nitriles is 2. The maximum atomic E-state index is 9.76. The van der Waals surface area contributed by atoms with Gasteiger partial charge in [-0.25, -0.2) is 34.0 Å². The van der Waals surface area contributed by atoms with Crippen LogP contribution in [0.2, 0.25) is 0 Å². The average Bonchev–Trinajstić information content (AvgIpc) is 4.50. The summed E-state index contributed by atoms with van der Waals surface area (Å²) >= 11 is 0. The van der Waals surface area contributed by atoms with Crippen molar-refractivity contribution in [2.75, 3.05) is 62.4 Å². The lowest BCUT2D eigenvalue weighted by Crippen LogP contribution is -2.68. The predicted octanol–water partition coefficient (Wildman–Crippen LogP) is 8.23. The van der Waals surface area contributed by atoms with Crippen LogP contribution in [-0.2, 0) is 29.6 Å². The molecule has 4 atom stereocenters. The van der Waals surface area contributed by atoms with Crippen molar-refractivity contribution in [2.45, 2.75) is 62.9 Å². The van der Waals surface area contributed by atoms with Gasteiger partial charge >= 0.3 is 0 Å². The van der Waals surface area contributed by atoms with Crippen LogP contribution in [0.3, 0.4) is 0 Å². The van der Waals surface area contributed by atoms with Crippen molar-refractivity contribution in [3.05, 3.63) is 162 Å². The van der Waals surface area contributed by atoms with Gasteiger partial charge in [0.2, 0.25) is 5.95 Å². The summed E-state index contributed by atoms with van der Waals surface area (Å²) in [6.07, 6.45) is 29.4. The highest BCUT2D eigenvalue weighted by molar-refractivity contribution is 5.88. The number of pyridine rings is 5. The largest absolute Gasteiger partial charge is 0.377 e. The molecule has 4 unspecified atom stereocenters. The van der Waals surface area contributed by atoms with Gasteiger partial charge in [-0.05, 0) is 108 Å². The van der Waals surface area contributed by atoms with Gasteiger partial charge in [-0.3, -0.25) is 9.80 Å². The number of piperidine rings is 2. The molecule has 81 heavy (non-hydrogen) atoms. The zero-order valence-corrected chi connectivity index (χ0v) is 44.8. The van der Waals surface area contributed by atoms with Crippen molar-refractivity contribution in [1.29, 1.82) is 10.5 Å². The number of H-pyrrole nitrogens is 1. The molecule has 10 aromatic heterocycles. The number of aromatic nitrogens is 11. The average molecular weight is 1070 g/mol. The molecular formula is C62H57N17O2. The normalized spacial score (nSPS) is 20.8. The van der Waals surface area contributed by atoms with Crippen LogP contribution in [0.5, 0.6) is 0 Å². The van der Waals surface area contributed by atoms with Crippen molar-refractivity contribution >= 4 is 56.0 Å². The number of hydrogen-bond donors (Lipinski definition) is 1. The van der Waals surface area contributed by atoms with E-state index in [4.69, 9.17) is 24.4 Å². The first-order chi connectivity index (χ1) is 39.9. The third-order valence-electron chi connectivity index (χ3n) is 17.4. The molecule has 0 saturated carbocycles. The highest BCUT2D eigenvalue weighted by Gasteiger charge is 2.46. The Labute approximate surface area is 466 Å². The van der Waals surface area contributed by atoms with Crippen molar-refractivity contribution in [1.82, 2.24) is 63.5 Å². The lowest BCUT2D eigenvalue weighted by atomic mass is 9.87. The molecule has 0 aromatic carbocycles. The van der Waals surface area contributed by atoms with Crippen LogP contribution in [0, 0.1) is 22.7 Å². The van der Waals surface area contributed by atoms with Crippen molar-refractivity contribution in [3.8, 4) is 34.4 Å². The summed E-state index contributed by atoms with van der Waals surface area (Å²) in [5.41, 5.74) is 15.6. The number of aryl methyl sites for hydroxylation is 1. The molecule has 0 amide bonds. The molecular weight excluding hydrogens is 1010 g/mol. The summed E-state index contributed by atoms with van der Waals surface area (Å²) in [7, 11) is 2.04. The van der Waals surface area contributed by atoms with E-state index in [0.717, 1.165) is 125 Å². The maximum Gasteiger partial charge on any atom is 0.225 e. The molecule has 6 saturated heterocycles. The number of anilines is 2. The Morgan fingerprint density at radius 3 is 1.75 bits per heavy atom. The Balaban J connectivity index is 0.000000139. The molecule has 0 aliphatic carbocycles. The summed E-state index contributed by atoms with van der Waals surface area (Å²) in [6, 6.07) is 23.9. The first-order valence-electron chi connectivity index (χ1n) is 27.9. The molecule has 10 aromatic rings. The Morgan fingerprint density at radius 2 is 1.17 bits per heavy atom. The van der Waals surface area contributed by atoms with Gasteiger partial charge in [0.1, 0.15) is 29.3 Å². The van der Waals surface area contributed by atoms with Crippen LogP contribution >= 0.6 is 0 Å². The van der Waals surface area contributed by atoms with Crippen LogP contribution in [0.4, 0.5) is 11.8 Å². The molecule has 6 fully saturated rings. The second kappa shape index (κ2) is 20.2. The smallest absolute Gasteiger partial charge is 0.225 e. The molecule has 8 aliphatic heterocycles. The van der Waals surface area contributed by atoms with E-state index >= 15 is 0 Å². The minimum atomic E-state index is 0.484. The van der Waals surface area contributed by atoms with Gasteiger partial charge in [0.15, 0.2) is 0 Å². The van der Waals surface area contributed by atoms with E-state index in [9.17, 15) is 10.5 Å². The van der Waals surface area contributed by atoms with Crippen LogP contribution in [0.1, 0.15) is 59.1 Å². The van der Waals surface area contributed by atoms with Crippen molar-refractivity contribution < 1.29 is 9.47 Å². The molecule has 19 heteroatoms. The summed E-state index contributed by atoms with van der Waals surface area (Å²) in [5.74, 6) is 1.76. The SMILES string of the molecule is Cn1ccc2cc(CN3C4CC3CN(c3ccc(-c5cc(C6=CCOCC6)cn6ncc(C#N)c56)cn3)C4)cnc21.N#Cc1cnn2cc(C3=CCOCC3)cc(-c3cnc(N4CC5CC(C4)N5Cc4cnc5[nH]ccc5c4)nc3)c12. The van der Waals surface area contributed by atoms with Crippen LogP contribution < -0.4 is 9.80 Å². The molecule has 8 aliphatic rings. The fourth-order valence-corrected chi connectivity index (χ4v) is 13.2. The zero-order chi connectivity index (χ0) is 54.1. The van der Waals surface area contributed by atoms with Gasteiger partial charge in [-0.15, -0.1) is 0 Å². The van der Waals surface area contributed by atoms with Gasteiger partial charge in [0.25, 0.3) is 0 Å². The van der Waals surface area contributed by atoms with Gasteiger partial charge in [-0.1, -0.05) is 12.2 Å². The quantitative estimate of drug-likeness (QED) is 0.137. The second-order valence-electron chi connectivity index (χ2n) is 22.2. The Morgan fingerprint density at radius 1 is 0.593 bits per heavy atom. The topological polar surface area (TPSA) is 199 Å². The fourth-order valence-electron chi connectivity index (χ4n) is 13.2. The van der Waals surface area contributed by atoms with Crippen LogP contribution in [0.25, 0.3) is 66.5 Å². The number of rotatable bonds is 10. The highest BCUT2D eigenvalue weighted by Crippen LogP contribution is 2.39. The van der Waals surface area contributed by atoms with Crippen molar-refractivity contribution in [2.24, 2.45) is 7.05 Å². The minimum Gasteiger partial charge on any atom is -0.377 e. The van der Waals surface area contributed by atoms with E-state index in [1.165, 1.54) is 40.5 Å². The first-order valence-corrected chi connectivity index (χ1v) is 27.9. The zero-order valence-electron chi connectivity index (χ0n) is 44.8. The van der Waals surface area contributed by atoms with E-state index in [1.807, 2.05) is 61.1 Å². The molecule has 402 valence electrons. The van der Waals surface area contributed by atoms with E-state index < -0.39 is 0 Å². The number of nitrogens with one attached hydrogen (secondary N) is 1. The Kier molecular flexibility index (Phi) is 12.2. The third-order valence-corrected chi connectivity index (χ3v) is 17.4. The van der Waals surface area contributed by atoms with E-state index in [2.05, 4.69) is 128 Å². The number of aromatic amines is 1. The standard InChI is InChI=1S/C32H30N8O.C30H27N9O/c1-37-7-4-23-10-21(14-35-32(23)37)17-39-27-12-28(39)20-38(19-27)30-3-2-24(15-34-30)29-11-25(22-5-8-41-9-6-22)18-40-31(29)26(13-33)16-36-40;31-10-23-14-36-39-16-22(20-2-5-40-6-3-20)8-27(28(23)39)24-12-34-30(35-13-24)37-17-25-9-26(18-37)38(25)15-19-7-21-1-4-32-29(21)33-11-19/h2-5,7,10-11,14-16,18,27-28H,6,8-9,12,17,19-20H2,1H3;1-2,4,7-8,11-14,16,25-26H,3,5-6,9,15,17-18H2,(H,32,33). The second-order valence-corrected chi connectivity index (χ2v) is 22.2. The van der Waals surface area contributed by atoms with Crippen molar-refractivity contribution in [3.63, 3.8) is 0 Å². The molecule has 18 heterocycles. The molecule has 1 N–H and O–H groups in total. The van der Waals surface area contributed by atoms with E-state index in [1.54, 1.807) is 16.9 Å². The van der Waals surface area contributed by atoms with E-state index in [0.29, 0.717) is 61.7 Å². The number of ether oxygens (including phenoxy) is 2. The number of fused-ring (bicyclic) bond motifs is 8. The van der Waals surface area contributed by atoms with Crippen LogP contribution in [-0.4, -0.2) is 140 Å². The lowest BCUT2D eigenvalue weighted by molar-refractivity contribution is -0.00899. The fraction of sp³-hybridized carbons (Fsp3) is 0.306. The lowest BCUT2D eigenvalue weighted by Gasteiger charge is -2.56. The minimum absolute atomic E-state index is 0.484. The summed E-state index contributed by atoms with van der Waals surface area (Å²) in [6.45, 7) is 8.27. The summed E-state index contributed by atoms with van der Waals surface area (Å²) < 4.78 is 16.7. The van der Waals surface area contributed by atoms with Gasteiger partial charge in [-0.2, -0.15) is 20.7 Å². The molecule has 19 nitrogen and oxygen atoms in total. The monoisotopic (exact) mass is 1070 g/mol.